The van der Waals surface area contributed by atoms with Crippen LogP contribution in [0.15, 0.2) is 53.4 Å². The number of rotatable bonds is 4. The van der Waals surface area contributed by atoms with E-state index in [4.69, 9.17) is 0 Å². The molecule has 1 amide bonds. The third kappa shape index (κ3) is 4.08. The molecule has 0 radical (unpaired) electrons. The number of hydrogen-bond acceptors (Lipinski definition) is 6. The minimum absolute atomic E-state index is 0.0938. The molecule has 3 heterocycles. The normalized spacial score (nSPS) is 11.4. The van der Waals surface area contributed by atoms with Crippen LogP contribution in [-0.2, 0) is 13.2 Å². The average molecular weight is 394 g/mol. The van der Waals surface area contributed by atoms with E-state index in [0.717, 1.165) is 11.8 Å². The van der Waals surface area contributed by atoms with Crippen LogP contribution in [0.3, 0.4) is 0 Å². The lowest BCUT2D eigenvalue weighted by Crippen LogP contribution is -2.28. The van der Waals surface area contributed by atoms with Gasteiger partial charge in [-0.05, 0) is 23.9 Å². The highest BCUT2D eigenvalue weighted by Crippen LogP contribution is 2.30. The molecule has 11 heteroatoms. The van der Waals surface area contributed by atoms with Crippen molar-refractivity contribution in [3.05, 3.63) is 54.4 Å². The number of alkyl halides is 3. The van der Waals surface area contributed by atoms with Crippen molar-refractivity contribution in [3.8, 4) is 0 Å². The maximum Gasteiger partial charge on any atom is 0.419 e. The van der Waals surface area contributed by atoms with Crippen LogP contribution < -0.4 is 4.90 Å². The zero-order chi connectivity index (χ0) is 19.6. The number of aromatic nitrogens is 5. The zero-order valence-electron chi connectivity index (χ0n) is 14.2. The van der Waals surface area contributed by atoms with Crippen molar-refractivity contribution in [1.29, 1.82) is 0 Å². The number of halogens is 3. The topological polar surface area (TPSA) is 76.8 Å². The average Bonchev–Trinajstić information content (AvgIpc) is 3.01. The van der Waals surface area contributed by atoms with Gasteiger partial charge >= 0.3 is 6.18 Å². The summed E-state index contributed by atoms with van der Waals surface area (Å²) in [5.74, 6) is -0.307. The molecule has 0 aliphatic carbocycles. The highest BCUT2D eigenvalue weighted by Gasteiger charge is 2.31. The number of anilines is 1. The predicted molar refractivity (Wildman–Crippen MR) is 91.3 cm³/mol. The van der Waals surface area contributed by atoms with Crippen LogP contribution in [0.25, 0.3) is 0 Å². The SMILES string of the molecule is CN(C(=O)c1cnc(Sc2ncc(C(F)(F)F)cn2)n1C)c1cccnc1. The summed E-state index contributed by atoms with van der Waals surface area (Å²) in [6.45, 7) is 0. The summed E-state index contributed by atoms with van der Waals surface area (Å²) < 4.78 is 39.2. The van der Waals surface area contributed by atoms with Crippen molar-refractivity contribution in [2.75, 3.05) is 11.9 Å². The largest absolute Gasteiger partial charge is 0.419 e. The zero-order valence-corrected chi connectivity index (χ0v) is 15.0. The number of imidazole rings is 1. The van der Waals surface area contributed by atoms with Crippen molar-refractivity contribution in [3.63, 3.8) is 0 Å². The van der Waals surface area contributed by atoms with E-state index in [1.165, 1.54) is 15.7 Å². The number of amides is 1. The second kappa shape index (κ2) is 7.35. The van der Waals surface area contributed by atoms with E-state index in [2.05, 4.69) is 19.9 Å². The lowest BCUT2D eigenvalue weighted by atomic mass is 10.3. The summed E-state index contributed by atoms with van der Waals surface area (Å²) >= 11 is 0.959. The number of nitrogens with zero attached hydrogens (tertiary/aromatic N) is 6. The van der Waals surface area contributed by atoms with Crippen LogP contribution in [0.1, 0.15) is 16.1 Å². The number of pyridine rings is 1. The third-order valence-electron chi connectivity index (χ3n) is 3.64. The molecule has 0 spiro atoms. The maximum absolute atomic E-state index is 12.7. The Bertz CT molecular complexity index is 943. The van der Waals surface area contributed by atoms with E-state index in [9.17, 15) is 18.0 Å². The molecule has 0 atom stereocenters. The van der Waals surface area contributed by atoms with Gasteiger partial charge in [0.05, 0.1) is 23.6 Å². The van der Waals surface area contributed by atoms with Gasteiger partial charge in [0.15, 0.2) is 10.3 Å². The van der Waals surface area contributed by atoms with E-state index < -0.39 is 11.7 Å². The predicted octanol–water partition coefficient (Wildman–Crippen LogP) is 3.05. The molecule has 3 aromatic heterocycles. The Morgan fingerprint density at radius 2 is 1.85 bits per heavy atom. The Balaban J connectivity index is 1.78. The van der Waals surface area contributed by atoms with E-state index in [1.807, 2.05) is 0 Å². The first-order valence-corrected chi connectivity index (χ1v) is 8.36. The summed E-state index contributed by atoms with van der Waals surface area (Å²) in [6.07, 6.45) is 1.47. The van der Waals surface area contributed by atoms with E-state index in [0.29, 0.717) is 28.9 Å². The molecule has 0 bridgehead atoms. The molecule has 0 fully saturated rings. The van der Waals surface area contributed by atoms with Gasteiger partial charge in [0.1, 0.15) is 5.69 Å². The smallest absolute Gasteiger partial charge is 0.318 e. The number of carbonyl (C=O) groups excluding carboxylic acids is 1. The molecule has 0 N–H and O–H groups in total. The number of carbonyl (C=O) groups is 1. The van der Waals surface area contributed by atoms with E-state index in [1.54, 1.807) is 38.6 Å². The van der Waals surface area contributed by atoms with Gasteiger partial charge in [0.2, 0.25) is 0 Å². The van der Waals surface area contributed by atoms with Gasteiger partial charge in [0, 0.05) is 32.7 Å². The molecule has 3 aromatic rings. The molecule has 7 nitrogen and oxygen atoms in total. The fourth-order valence-electron chi connectivity index (χ4n) is 2.12. The van der Waals surface area contributed by atoms with Crippen molar-refractivity contribution in [2.24, 2.45) is 7.05 Å². The second-order valence-electron chi connectivity index (χ2n) is 5.41. The first kappa shape index (κ1) is 18.8. The Hall–Kier alpha value is -2.95. The standard InChI is InChI=1S/C16H13F3N6OS/c1-24(11-4-3-5-20-8-11)13(26)12-9-23-15(25(12)2)27-14-21-6-10(7-22-14)16(17,18)19/h3-9H,1-2H3. The summed E-state index contributed by atoms with van der Waals surface area (Å²) in [5.41, 5.74) is -0.0135. The van der Waals surface area contributed by atoms with Crippen LogP contribution in [0.4, 0.5) is 18.9 Å². The van der Waals surface area contributed by atoms with E-state index in [-0.39, 0.29) is 11.1 Å². The molecular weight excluding hydrogens is 381 g/mol. The maximum atomic E-state index is 12.7. The van der Waals surface area contributed by atoms with Crippen LogP contribution in [-0.4, -0.2) is 37.5 Å². The van der Waals surface area contributed by atoms with E-state index >= 15 is 0 Å². The third-order valence-corrected chi connectivity index (χ3v) is 4.60. The van der Waals surface area contributed by atoms with Gasteiger partial charge < -0.3 is 9.47 Å². The fourth-order valence-corrected chi connectivity index (χ4v) is 2.84. The fraction of sp³-hybridized carbons (Fsp3) is 0.188. The molecule has 27 heavy (non-hydrogen) atoms. The lowest BCUT2D eigenvalue weighted by Gasteiger charge is -2.16. The quantitative estimate of drug-likeness (QED) is 0.633. The summed E-state index contributed by atoms with van der Waals surface area (Å²) in [7, 11) is 3.24. The molecule has 0 unspecified atom stereocenters. The first-order valence-electron chi connectivity index (χ1n) is 7.54. The Morgan fingerprint density at radius 1 is 1.15 bits per heavy atom. The van der Waals surface area contributed by atoms with Crippen LogP contribution >= 0.6 is 11.8 Å². The molecule has 0 aliphatic rings. The minimum atomic E-state index is -4.50. The van der Waals surface area contributed by atoms with Gasteiger partial charge in [-0.3, -0.25) is 9.78 Å². The van der Waals surface area contributed by atoms with Gasteiger partial charge in [-0.15, -0.1) is 0 Å². The molecule has 0 aliphatic heterocycles. The molecular formula is C16H13F3N6OS. The Labute approximate surface area is 156 Å². The molecule has 0 aromatic carbocycles. The van der Waals surface area contributed by atoms with Crippen molar-refractivity contribution in [2.45, 2.75) is 16.5 Å². The summed E-state index contributed by atoms with van der Waals surface area (Å²) in [4.78, 5) is 29.6. The lowest BCUT2D eigenvalue weighted by molar-refractivity contribution is -0.138. The highest BCUT2D eigenvalue weighted by atomic mass is 32.2. The molecule has 0 saturated heterocycles. The summed E-state index contributed by atoms with van der Waals surface area (Å²) in [5, 5.41) is 0.467. The molecule has 3 rings (SSSR count). The van der Waals surface area contributed by atoms with Crippen molar-refractivity contribution >= 4 is 23.4 Å². The highest BCUT2D eigenvalue weighted by molar-refractivity contribution is 7.99. The molecule has 140 valence electrons. The second-order valence-corrected chi connectivity index (χ2v) is 6.35. The Morgan fingerprint density at radius 3 is 2.44 bits per heavy atom. The van der Waals surface area contributed by atoms with Crippen LogP contribution in [0, 0.1) is 0 Å². The van der Waals surface area contributed by atoms with Crippen LogP contribution in [0.2, 0.25) is 0 Å². The van der Waals surface area contributed by atoms with Crippen LogP contribution in [0.5, 0.6) is 0 Å². The van der Waals surface area contributed by atoms with Crippen molar-refractivity contribution < 1.29 is 18.0 Å². The first-order chi connectivity index (χ1) is 12.8. The van der Waals surface area contributed by atoms with Gasteiger partial charge in [-0.1, -0.05) is 0 Å². The summed E-state index contributed by atoms with van der Waals surface area (Å²) in [6, 6.07) is 3.46. The Kier molecular flexibility index (Phi) is 5.13. The van der Waals surface area contributed by atoms with Gasteiger partial charge in [0.25, 0.3) is 5.91 Å². The number of hydrogen-bond donors (Lipinski definition) is 0. The monoisotopic (exact) mass is 394 g/mol. The minimum Gasteiger partial charge on any atom is -0.318 e. The van der Waals surface area contributed by atoms with Gasteiger partial charge in [-0.2, -0.15) is 13.2 Å². The van der Waals surface area contributed by atoms with Gasteiger partial charge in [-0.25, -0.2) is 15.0 Å². The molecule has 0 saturated carbocycles. The van der Waals surface area contributed by atoms with Crippen molar-refractivity contribution in [1.82, 2.24) is 24.5 Å².